The Morgan fingerprint density at radius 3 is 2.40 bits per heavy atom. The van der Waals surface area contributed by atoms with Crippen molar-refractivity contribution in [2.75, 3.05) is 6.61 Å². The Kier molecular flexibility index (Phi) is 5.49. The molecule has 86 valence electrons. The Morgan fingerprint density at radius 1 is 1.33 bits per heavy atom. The second kappa shape index (κ2) is 5.85. The number of halogens is 3. The topological polar surface area (TPSA) is 66.5 Å². The number of rotatable bonds is 3. The molecule has 1 aromatic carbocycles. The van der Waals surface area contributed by atoms with Gasteiger partial charge in [0.1, 0.15) is 17.4 Å². The highest BCUT2D eigenvalue weighted by atomic mass is 35.5. The molecular formula is C9H12ClF2NO2. The summed E-state index contributed by atoms with van der Waals surface area (Å²) in [7, 11) is 0. The standard InChI is InChI=1S/C9H11F2NO2.ClH/c10-5-3-6(11)9(8(14)4-5)7(12)1-2-13;/h3-4,7,13-14H,1-2,12H2;1H/t7-;/m0./s1. The molecule has 0 aromatic heterocycles. The molecule has 4 N–H and O–H groups in total. The van der Waals surface area contributed by atoms with Gasteiger partial charge in [-0.05, 0) is 6.42 Å². The van der Waals surface area contributed by atoms with Gasteiger partial charge in [0.2, 0.25) is 0 Å². The fraction of sp³-hybridized carbons (Fsp3) is 0.333. The van der Waals surface area contributed by atoms with Gasteiger partial charge >= 0.3 is 0 Å². The molecule has 6 heteroatoms. The lowest BCUT2D eigenvalue weighted by atomic mass is 10.0. The summed E-state index contributed by atoms with van der Waals surface area (Å²) in [6.45, 7) is -0.225. The maximum Gasteiger partial charge on any atom is 0.134 e. The van der Waals surface area contributed by atoms with E-state index >= 15 is 0 Å². The van der Waals surface area contributed by atoms with Crippen molar-refractivity contribution in [3.05, 3.63) is 29.3 Å². The summed E-state index contributed by atoms with van der Waals surface area (Å²) in [4.78, 5) is 0. The number of hydrogen-bond donors (Lipinski definition) is 3. The van der Waals surface area contributed by atoms with Crippen LogP contribution >= 0.6 is 12.4 Å². The minimum atomic E-state index is -0.900. The first-order valence-corrected chi connectivity index (χ1v) is 4.10. The van der Waals surface area contributed by atoms with Crippen molar-refractivity contribution < 1.29 is 19.0 Å². The number of phenolic OH excluding ortho intramolecular Hbond substituents is 1. The molecule has 1 rings (SSSR count). The second-order valence-electron chi connectivity index (χ2n) is 2.94. The Hall–Kier alpha value is -0.910. The van der Waals surface area contributed by atoms with E-state index in [0.717, 1.165) is 6.07 Å². The number of benzene rings is 1. The van der Waals surface area contributed by atoms with Crippen molar-refractivity contribution in [1.29, 1.82) is 0 Å². The number of hydrogen-bond acceptors (Lipinski definition) is 3. The fourth-order valence-electron chi connectivity index (χ4n) is 1.22. The van der Waals surface area contributed by atoms with E-state index in [4.69, 9.17) is 10.8 Å². The predicted molar refractivity (Wildman–Crippen MR) is 53.9 cm³/mol. The number of phenols is 1. The molecular weight excluding hydrogens is 228 g/mol. The van der Waals surface area contributed by atoms with Gasteiger partial charge in [0.05, 0.1) is 0 Å². The molecule has 0 heterocycles. The van der Waals surface area contributed by atoms with E-state index < -0.39 is 23.4 Å². The number of aromatic hydroxyl groups is 1. The van der Waals surface area contributed by atoms with Crippen LogP contribution in [0.4, 0.5) is 8.78 Å². The minimum absolute atomic E-state index is 0. The lowest BCUT2D eigenvalue weighted by Crippen LogP contribution is -2.14. The van der Waals surface area contributed by atoms with Crippen LogP contribution in [-0.4, -0.2) is 16.8 Å². The number of aliphatic hydroxyl groups excluding tert-OH is 1. The quantitative estimate of drug-likeness (QED) is 0.748. The van der Waals surface area contributed by atoms with Gasteiger partial charge in [-0.25, -0.2) is 8.78 Å². The summed E-state index contributed by atoms with van der Waals surface area (Å²) >= 11 is 0. The van der Waals surface area contributed by atoms with Gasteiger partial charge in [0, 0.05) is 30.3 Å². The van der Waals surface area contributed by atoms with E-state index in [9.17, 15) is 13.9 Å². The van der Waals surface area contributed by atoms with Crippen molar-refractivity contribution in [2.24, 2.45) is 5.73 Å². The van der Waals surface area contributed by atoms with E-state index in [1.807, 2.05) is 0 Å². The lowest BCUT2D eigenvalue weighted by Gasteiger charge is -2.13. The first-order valence-electron chi connectivity index (χ1n) is 4.10. The van der Waals surface area contributed by atoms with E-state index in [1.165, 1.54) is 0 Å². The third kappa shape index (κ3) is 3.30. The molecule has 3 nitrogen and oxygen atoms in total. The maximum atomic E-state index is 13.1. The highest BCUT2D eigenvalue weighted by molar-refractivity contribution is 5.85. The summed E-state index contributed by atoms with van der Waals surface area (Å²) in [6.07, 6.45) is 0.107. The zero-order valence-electron chi connectivity index (χ0n) is 7.78. The van der Waals surface area contributed by atoms with Crippen LogP contribution in [0.2, 0.25) is 0 Å². The van der Waals surface area contributed by atoms with Crippen molar-refractivity contribution in [1.82, 2.24) is 0 Å². The van der Waals surface area contributed by atoms with Crippen LogP contribution in [-0.2, 0) is 0 Å². The Morgan fingerprint density at radius 2 is 1.93 bits per heavy atom. The third-order valence-corrected chi connectivity index (χ3v) is 1.88. The molecule has 0 saturated carbocycles. The average molecular weight is 240 g/mol. The highest BCUT2D eigenvalue weighted by Crippen LogP contribution is 2.28. The van der Waals surface area contributed by atoms with E-state index in [-0.39, 0.29) is 31.0 Å². The zero-order chi connectivity index (χ0) is 10.7. The van der Waals surface area contributed by atoms with Gasteiger partial charge in [-0.3, -0.25) is 0 Å². The van der Waals surface area contributed by atoms with Gasteiger partial charge in [-0.2, -0.15) is 0 Å². The molecule has 1 atom stereocenters. The number of nitrogens with two attached hydrogens (primary N) is 1. The van der Waals surface area contributed by atoms with Gasteiger partial charge in [0.15, 0.2) is 0 Å². The molecule has 0 bridgehead atoms. The highest BCUT2D eigenvalue weighted by Gasteiger charge is 2.17. The van der Waals surface area contributed by atoms with E-state index in [1.54, 1.807) is 0 Å². The molecule has 1 aromatic rings. The Labute approximate surface area is 91.9 Å². The van der Waals surface area contributed by atoms with Gasteiger partial charge in [-0.1, -0.05) is 0 Å². The van der Waals surface area contributed by atoms with Gasteiger partial charge in [0.25, 0.3) is 0 Å². The summed E-state index contributed by atoms with van der Waals surface area (Å²) in [5.74, 6) is -2.29. The van der Waals surface area contributed by atoms with Crippen LogP contribution in [0.15, 0.2) is 12.1 Å². The Balaban J connectivity index is 0.00000196. The van der Waals surface area contributed by atoms with E-state index in [2.05, 4.69) is 0 Å². The van der Waals surface area contributed by atoms with Crippen molar-refractivity contribution >= 4 is 12.4 Å². The molecule has 0 amide bonds. The van der Waals surface area contributed by atoms with Crippen molar-refractivity contribution in [2.45, 2.75) is 12.5 Å². The fourth-order valence-corrected chi connectivity index (χ4v) is 1.22. The SMILES string of the molecule is Cl.N[C@@H](CCO)c1c(O)cc(F)cc1F. The van der Waals surface area contributed by atoms with Crippen LogP contribution < -0.4 is 5.73 Å². The van der Waals surface area contributed by atoms with Crippen LogP contribution in [0, 0.1) is 11.6 Å². The molecule has 0 aliphatic rings. The largest absolute Gasteiger partial charge is 0.507 e. The van der Waals surface area contributed by atoms with Crippen LogP contribution in [0.1, 0.15) is 18.0 Å². The van der Waals surface area contributed by atoms with Crippen LogP contribution in [0.3, 0.4) is 0 Å². The summed E-state index contributed by atoms with van der Waals surface area (Å²) in [5.41, 5.74) is 5.31. The molecule has 0 spiro atoms. The maximum absolute atomic E-state index is 13.1. The molecule has 0 radical (unpaired) electrons. The Bertz CT molecular complexity index is 313. The summed E-state index contributed by atoms with van der Waals surface area (Å²) in [6, 6.07) is 0.600. The first-order chi connectivity index (χ1) is 6.56. The van der Waals surface area contributed by atoms with Crippen molar-refractivity contribution in [3.63, 3.8) is 0 Å². The van der Waals surface area contributed by atoms with Crippen LogP contribution in [0.25, 0.3) is 0 Å². The van der Waals surface area contributed by atoms with Crippen molar-refractivity contribution in [3.8, 4) is 5.75 Å². The summed E-state index contributed by atoms with van der Waals surface area (Å²) in [5, 5.41) is 17.8. The molecule has 0 aliphatic carbocycles. The first kappa shape index (κ1) is 14.1. The molecule has 0 saturated heterocycles. The van der Waals surface area contributed by atoms with Gasteiger partial charge < -0.3 is 15.9 Å². The van der Waals surface area contributed by atoms with Gasteiger partial charge in [-0.15, -0.1) is 12.4 Å². The molecule has 0 unspecified atom stereocenters. The lowest BCUT2D eigenvalue weighted by molar-refractivity contribution is 0.274. The predicted octanol–water partition coefficient (Wildman–Crippen LogP) is 1.47. The smallest absolute Gasteiger partial charge is 0.134 e. The monoisotopic (exact) mass is 239 g/mol. The van der Waals surface area contributed by atoms with Crippen LogP contribution in [0.5, 0.6) is 5.75 Å². The molecule has 0 fully saturated rings. The molecule has 15 heavy (non-hydrogen) atoms. The molecule has 0 aliphatic heterocycles. The second-order valence-corrected chi connectivity index (χ2v) is 2.94. The third-order valence-electron chi connectivity index (χ3n) is 1.88. The number of aliphatic hydroxyl groups is 1. The average Bonchev–Trinajstić information content (AvgIpc) is 2.01. The van der Waals surface area contributed by atoms with E-state index in [0.29, 0.717) is 6.07 Å². The summed E-state index contributed by atoms with van der Waals surface area (Å²) < 4.78 is 25.7. The minimum Gasteiger partial charge on any atom is -0.507 e. The normalized spacial score (nSPS) is 12.0. The zero-order valence-corrected chi connectivity index (χ0v) is 8.60.